The molecule has 104 valence electrons. The maximum Gasteiger partial charge on any atom is 0.255 e. The second-order valence-corrected chi connectivity index (χ2v) is 5.31. The summed E-state index contributed by atoms with van der Waals surface area (Å²) in [7, 11) is 0. The molecule has 1 unspecified atom stereocenters. The minimum absolute atomic E-state index is 0.0134. The van der Waals surface area contributed by atoms with Crippen LogP contribution in [0.25, 0.3) is 0 Å². The van der Waals surface area contributed by atoms with E-state index in [1.165, 1.54) is 37.7 Å². The van der Waals surface area contributed by atoms with Gasteiger partial charge in [-0.1, -0.05) is 19.8 Å². The third-order valence-electron chi connectivity index (χ3n) is 3.80. The average Bonchev–Trinajstić information content (AvgIpc) is 2.64. The molecule has 1 N–H and O–H groups in total. The highest BCUT2D eigenvalue weighted by Crippen LogP contribution is 2.23. The molecule has 0 saturated carbocycles. The minimum Gasteiger partial charge on any atom is -0.506 e. The molecule has 4 nitrogen and oxygen atoms in total. The molecule has 0 radical (unpaired) electrons. The van der Waals surface area contributed by atoms with Crippen molar-refractivity contribution in [2.75, 3.05) is 13.1 Å². The summed E-state index contributed by atoms with van der Waals surface area (Å²) in [4.78, 5) is 18.1. The normalized spacial score (nSPS) is 20.1. The van der Waals surface area contributed by atoms with Gasteiger partial charge in [0.15, 0.2) is 0 Å². The molecule has 4 heteroatoms. The molecule has 1 amide bonds. The van der Waals surface area contributed by atoms with Crippen LogP contribution in [0.15, 0.2) is 18.5 Å². The Morgan fingerprint density at radius 3 is 3.00 bits per heavy atom. The number of hydrogen-bond acceptors (Lipinski definition) is 3. The van der Waals surface area contributed by atoms with Crippen molar-refractivity contribution in [2.45, 2.75) is 39.0 Å². The third-order valence-corrected chi connectivity index (χ3v) is 3.80. The number of nitrogens with zero attached hydrogens (tertiary/aromatic N) is 2. The van der Waals surface area contributed by atoms with Gasteiger partial charge in [-0.25, -0.2) is 0 Å². The first-order chi connectivity index (χ1) is 9.20. The van der Waals surface area contributed by atoms with Crippen LogP contribution >= 0.6 is 0 Å². The van der Waals surface area contributed by atoms with E-state index in [1.54, 1.807) is 0 Å². The lowest BCUT2D eigenvalue weighted by Gasteiger charge is -2.20. The molecule has 1 aromatic rings. The average molecular weight is 262 g/mol. The van der Waals surface area contributed by atoms with Gasteiger partial charge in [0.1, 0.15) is 5.75 Å². The maximum atomic E-state index is 12.3. The fourth-order valence-electron chi connectivity index (χ4n) is 2.79. The van der Waals surface area contributed by atoms with Crippen LogP contribution in [0.2, 0.25) is 0 Å². The van der Waals surface area contributed by atoms with Gasteiger partial charge in [-0.15, -0.1) is 0 Å². The topological polar surface area (TPSA) is 53.4 Å². The molecule has 0 spiro atoms. The van der Waals surface area contributed by atoms with Crippen LogP contribution in [0.1, 0.15) is 49.4 Å². The molecule has 1 atom stereocenters. The second kappa shape index (κ2) is 6.55. The van der Waals surface area contributed by atoms with Crippen molar-refractivity contribution >= 4 is 5.91 Å². The van der Waals surface area contributed by atoms with Gasteiger partial charge in [-0.2, -0.15) is 0 Å². The highest BCUT2D eigenvalue weighted by Gasteiger charge is 2.21. The summed E-state index contributed by atoms with van der Waals surface area (Å²) in [5.74, 6) is 0.787. The lowest BCUT2D eigenvalue weighted by atomic mass is 9.96. The first kappa shape index (κ1) is 13.8. The quantitative estimate of drug-likeness (QED) is 0.911. The van der Waals surface area contributed by atoms with Crippen molar-refractivity contribution in [1.82, 2.24) is 9.88 Å². The van der Waals surface area contributed by atoms with Gasteiger partial charge in [0, 0.05) is 19.3 Å². The number of aromatic hydroxyl groups is 1. The molecule has 0 aromatic carbocycles. The second-order valence-electron chi connectivity index (χ2n) is 5.31. The molecule has 1 fully saturated rings. The Labute approximate surface area is 114 Å². The van der Waals surface area contributed by atoms with Crippen LogP contribution in [0.3, 0.4) is 0 Å². The summed E-state index contributed by atoms with van der Waals surface area (Å²) in [6.45, 7) is 3.85. The summed E-state index contributed by atoms with van der Waals surface area (Å²) >= 11 is 0. The smallest absolute Gasteiger partial charge is 0.255 e. The van der Waals surface area contributed by atoms with E-state index in [1.807, 2.05) is 4.90 Å². The number of amides is 1. The molecule has 1 saturated heterocycles. The SMILES string of the molecule is CCCC1CCCN(C(=O)c2cncc(O)c2)CC1. The molecule has 1 aromatic heterocycles. The maximum absolute atomic E-state index is 12.3. The molecule has 2 rings (SSSR count). The van der Waals surface area contributed by atoms with Gasteiger partial charge < -0.3 is 10.0 Å². The largest absolute Gasteiger partial charge is 0.506 e. The summed E-state index contributed by atoms with van der Waals surface area (Å²) < 4.78 is 0. The Morgan fingerprint density at radius 1 is 1.42 bits per heavy atom. The summed E-state index contributed by atoms with van der Waals surface area (Å²) in [5, 5.41) is 9.39. The van der Waals surface area contributed by atoms with Crippen molar-refractivity contribution < 1.29 is 9.90 Å². The Kier molecular flexibility index (Phi) is 4.77. The lowest BCUT2D eigenvalue weighted by molar-refractivity contribution is 0.0759. The monoisotopic (exact) mass is 262 g/mol. The van der Waals surface area contributed by atoms with Crippen LogP contribution in [0.4, 0.5) is 0 Å². The van der Waals surface area contributed by atoms with Gasteiger partial charge in [0.05, 0.1) is 11.8 Å². The number of likely N-dealkylation sites (tertiary alicyclic amines) is 1. The number of hydrogen-bond donors (Lipinski definition) is 1. The number of rotatable bonds is 3. The Morgan fingerprint density at radius 2 is 2.26 bits per heavy atom. The fraction of sp³-hybridized carbons (Fsp3) is 0.600. The van der Waals surface area contributed by atoms with Gasteiger partial charge >= 0.3 is 0 Å². The summed E-state index contributed by atoms with van der Waals surface area (Å²) in [5.41, 5.74) is 0.481. The van der Waals surface area contributed by atoms with Crippen LogP contribution < -0.4 is 0 Å². The standard InChI is InChI=1S/C15H22N2O2/c1-2-4-12-5-3-7-17(8-6-12)15(19)13-9-14(18)11-16-10-13/h9-12,18H,2-8H2,1H3. The van der Waals surface area contributed by atoms with Crippen molar-refractivity contribution in [1.29, 1.82) is 0 Å². The number of carbonyl (C=O) groups excluding carboxylic acids is 1. The molecule has 0 bridgehead atoms. The Balaban J connectivity index is 2.00. The number of carbonyl (C=O) groups is 1. The predicted molar refractivity (Wildman–Crippen MR) is 74.1 cm³/mol. The van der Waals surface area contributed by atoms with Crippen molar-refractivity contribution in [3.8, 4) is 5.75 Å². The van der Waals surface area contributed by atoms with E-state index in [9.17, 15) is 9.90 Å². The molecular formula is C15H22N2O2. The molecular weight excluding hydrogens is 240 g/mol. The highest BCUT2D eigenvalue weighted by molar-refractivity contribution is 5.94. The Hall–Kier alpha value is -1.58. The van der Waals surface area contributed by atoms with Crippen LogP contribution in [0, 0.1) is 5.92 Å². The fourth-order valence-corrected chi connectivity index (χ4v) is 2.79. The zero-order valence-electron chi connectivity index (χ0n) is 11.5. The van der Waals surface area contributed by atoms with E-state index in [4.69, 9.17) is 0 Å². The number of aromatic nitrogens is 1. The first-order valence-electron chi connectivity index (χ1n) is 7.14. The molecule has 1 aliphatic rings. The van der Waals surface area contributed by atoms with Crippen LogP contribution in [-0.4, -0.2) is 34.0 Å². The predicted octanol–water partition coefficient (Wildman–Crippen LogP) is 2.83. The van der Waals surface area contributed by atoms with E-state index in [-0.39, 0.29) is 11.7 Å². The first-order valence-corrected chi connectivity index (χ1v) is 7.14. The Bertz CT molecular complexity index is 434. The zero-order chi connectivity index (χ0) is 13.7. The molecule has 2 heterocycles. The molecule has 19 heavy (non-hydrogen) atoms. The van der Waals surface area contributed by atoms with Crippen LogP contribution in [-0.2, 0) is 0 Å². The van der Waals surface area contributed by atoms with Gasteiger partial charge in [0.25, 0.3) is 5.91 Å². The lowest BCUT2D eigenvalue weighted by Crippen LogP contribution is -2.32. The van der Waals surface area contributed by atoms with E-state index in [0.717, 1.165) is 31.8 Å². The third kappa shape index (κ3) is 3.69. The zero-order valence-corrected chi connectivity index (χ0v) is 11.5. The van der Waals surface area contributed by atoms with E-state index in [2.05, 4.69) is 11.9 Å². The van der Waals surface area contributed by atoms with E-state index < -0.39 is 0 Å². The van der Waals surface area contributed by atoms with Crippen molar-refractivity contribution in [3.05, 3.63) is 24.0 Å². The summed E-state index contributed by atoms with van der Waals surface area (Å²) in [6.07, 6.45) is 8.72. The van der Waals surface area contributed by atoms with Gasteiger partial charge in [-0.05, 0) is 31.2 Å². The van der Waals surface area contributed by atoms with Crippen molar-refractivity contribution in [3.63, 3.8) is 0 Å². The summed E-state index contributed by atoms with van der Waals surface area (Å²) in [6, 6.07) is 1.49. The van der Waals surface area contributed by atoms with E-state index >= 15 is 0 Å². The number of pyridine rings is 1. The highest BCUT2D eigenvalue weighted by atomic mass is 16.3. The molecule has 0 aliphatic carbocycles. The van der Waals surface area contributed by atoms with E-state index in [0.29, 0.717) is 5.56 Å². The van der Waals surface area contributed by atoms with Gasteiger partial charge in [0.2, 0.25) is 0 Å². The van der Waals surface area contributed by atoms with Gasteiger partial charge in [-0.3, -0.25) is 9.78 Å². The van der Waals surface area contributed by atoms with Crippen LogP contribution in [0.5, 0.6) is 5.75 Å². The molecule has 1 aliphatic heterocycles. The van der Waals surface area contributed by atoms with Crippen molar-refractivity contribution in [2.24, 2.45) is 5.92 Å². The minimum atomic E-state index is -0.0134.